The monoisotopic (exact) mass is 474 g/mol. The minimum atomic E-state index is -2.80. The molecule has 1 N–H and O–H groups in total. The number of hydrogen-bond acceptors (Lipinski definition) is 5. The van der Waals surface area contributed by atoms with Crippen molar-refractivity contribution in [3.8, 4) is 0 Å². The molecule has 2 unspecified atom stereocenters. The van der Waals surface area contributed by atoms with Gasteiger partial charge in [-0.1, -0.05) is 18.2 Å². The maximum Gasteiger partial charge on any atom is 0.333 e. The Morgan fingerprint density at radius 2 is 1.74 bits per heavy atom. The topological polar surface area (TPSA) is 73.7 Å². The van der Waals surface area contributed by atoms with Crippen molar-refractivity contribution in [3.63, 3.8) is 0 Å². The highest BCUT2D eigenvalue weighted by atomic mass is 19.3. The molecule has 0 spiro atoms. The van der Waals surface area contributed by atoms with Crippen LogP contribution in [0.3, 0.4) is 0 Å². The molecule has 184 valence electrons. The number of piperazine rings is 1. The van der Waals surface area contributed by atoms with Gasteiger partial charge in [0, 0.05) is 69.7 Å². The molecule has 4 heterocycles. The number of fused-ring (bicyclic) bond motifs is 3. The summed E-state index contributed by atoms with van der Waals surface area (Å²) < 4.78 is 27.4. The van der Waals surface area contributed by atoms with Crippen LogP contribution in [0, 0.1) is 0 Å². The second-order valence-electron chi connectivity index (χ2n) is 9.70. The maximum absolute atomic E-state index is 13.4. The minimum Gasteiger partial charge on any atom is -0.348 e. The number of rotatable bonds is 6. The fourth-order valence-corrected chi connectivity index (χ4v) is 5.96. The average molecular weight is 475 g/mol. The van der Waals surface area contributed by atoms with Gasteiger partial charge in [0.15, 0.2) is 5.69 Å². The first-order valence-corrected chi connectivity index (χ1v) is 12.2. The van der Waals surface area contributed by atoms with E-state index in [2.05, 4.69) is 20.2 Å². The van der Waals surface area contributed by atoms with Crippen molar-refractivity contribution >= 4 is 22.7 Å². The van der Waals surface area contributed by atoms with E-state index < -0.39 is 6.55 Å². The van der Waals surface area contributed by atoms with Crippen molar-refractivity contribution < 1.29 is 18.4 Å². The van der Waals surface area contributed by atoms with Gasteiger partial charge >= 0.3 is 6.55 Å². The highest BCUT2D eigenvalue weighted by Gasteiger charge is 2.41. The summed E-state index contributed by atoms with van der Waals surface area (Å²) in [5.41, 5.74) is 0.331. The Bertz CT molecular complexity index is 1040. The summed E-state index contributed by atoms with van der Waals surface area (Å²) in [6.07, 6.45) is 3.98. The normalized spacial score (nSPS) is 25.9. The Labute approximate surface area is 197 Å². The number of amides is 2. The highest BCUT2D eigenvalue weighted by molar-refractivity contribution is 6.05. The molecule has 3 aliphatic rings. The van der Waals surface area contributed by atoms with E-state index in [1.54, 1.807) is 31.2 Å². The second kappa shape index (κ2) is 9.58. The number of carbonyl (C=O) groups is 2. The third-order valence-corrected chi connectivity index (χ3v) is 7.73. The van der Waals surface area contributed by atoms with Gasteiger partial charge in [0.25, 0.3) is 5.91 Å². The number of aromatic nitrogens is 2. The van der Waals surface area contributed by atoms with Crippen LogP contribution < -0.4 is 5.32 Å². The first-order valence-electron chi connectivity index (χ1n) is 12.2. The fourth-order valence-electron chi connectivity index (χ4n) is 5.96. The van der Waals surface area contributed by atoms with E-state index in [1.807, 2.05) is 4.90 Å². The van der Waals surface area contributed by atoms with Gasteiger partial charge in [-0.3, -0.25) is 19.4 Å². The third-order valence-electron chi connectivity index (χ3n) is 7.73. The van der Waals surface area contributed by atoms with Gasteiger partial charge in [-0.15, -0.1) is 0 Å². The fraction of sp³-hybridized carbons (Fsp3) is 0.625. The molecule has 3 aliphatic heterocycles. The number of nitrogens with one attached hydrogen (secondary N) is 1. The Hall–Kier alpha value is -2.59. The summed E-state index contributed by atoms with van der Waals surface area (Å²) in [6.45, 7) is 4.26. The van der Waals surface area contributed by atoms with Gasteiger partial charge in [-0.2, -0.15) is 13.9 Å². The Kier molecular flexibility index (Phi) is 6.52. The predicted molar refractivity (Wildman–Crippen MR) is 124 cm³/mol. The predicted octanol–water partition coefficient (Wildman–Crippen LogP) is 2.32. The van der Waals surface area contributed by atoms with Gasteiger partial charge in [0.05, 0.1) is 5.52 Å². The standard InChI is InChI=1S/C24H32F2N6O2/c1-16(33)30-11-8-29(9-12-30)10-13-31-18-6-7-19(31)15-17(14-18)27-23(34)22-20-4-2-3-5-21(20)32(28-22)24(25)26/h2-5,17-19,24H,6-15H2,1H3,(H,27,34). The molecular weight excluding hydrogens is 442 g/mol. The largest absolute Gasteiger partial charge is 0.348 e. The lowest BCUT2D eigenvalue weighted by molar-refractivity contribution is -0.130. The molecule has 3 saturated heterocycles. The number of piperidine rings is 1. The zero-order chi connectivity index (χ0) is 23.8. The molecule has 2 aromatic rings. The van der Waals surface area contributed by atoms with Gasteiger partial charge in [0.2, 0.25) is 5.91 Å². The lowest BCUT2D eigenvalue weighted by Gasteiger charge is -2.41. The number of halogens is 2. The first-order chi connectivity index (χ1) is 16.4. The number of benzene rings is 1. The SMILES string of the molecule is CC(=O)N1CCN(CCN2C3CCC2CC(NC(=O)c2nn(C(F)F)c4ccccc24)C3)CC1. The Morgan fingerprint density at radius 3 is 2.38 bits per heavy atom. The molecule has 0 radical (unpaired) electrons. The molecular formula is C24H32F2N6O2. The lowest BCUT2D eigenvalue weighted by Crippen LogP contribution is -2.54. The number of nitrogens with zero attached hydrogens (tertiary/aromatic N) is 5. The van der Waals surface area contributed by atoms with Crippen LogP contribution in [-0.4, -0.2) is 93.7 Å². The van der Waals surface area contributed by atoms with Crippen LogP contribution in [0.1, 0.15) is 49.6 Å². The Balaban J connectivity index is 1.17. The van der Waals surface area contributed by atoms with Gasteiger partial charge in [0.1, 0.15) is 0 Å². The van der Waals surface area contributed by atoms with Crippen LogP contribution in [0.2, 0.25) is 0 Å². The quantitative estimate of drug-likeness (QED) is 0.696. The van der Waals surface area contributed by atoms with E-state index >= 15 is 0 Å². The molecule has 1 aromatic carbocycles. The van der Waals surface area contributed by atoms with Crippen molar-refractivity contribution in [2.75, 3.05) is 39.3 Å². The molecule has 2 amide bonds. The smallest absolute Gasteiger partial charge is 0.333 e. The number of hydrogen-bond donors (Lipinski definition) is 1. The van der Waals surface area contributed by atoms with Crippen LogP contribution in [0.25, 0.3) is 10.9 Å². The Morgan fingerprint density at radius 1 is 1.06 bits per heavy atom. The molecule has 0 saturated carbocycles. The minimum absolute atomic E-state index is 0.0239. The second-order valence-corrected chi connectivity index (χ2v) is 9.70. The molecule has 2 atom stereocenters. The number of carbonyl (C=O) groups excluding carboxylic acids is 2. The molecule has 8 nitrogen and oxygen atoms in total. The van der Waals surface area contributed by atoms with Crippen LogP contribution in [0.5, 0.6) is 0 Å². The molecule has 0 aliphatic carbocycles. The molecule has 3 fully saturated rings. The summed E-state index contributed by atoms with van der Waals surface area (Å²) in [6, 6.07) is 7.51. The van der Waals surface area contributed by atoms with E-state index in [1.165, 1.54) is 0 Å². The molecule has 5 rings (SSSR count). The van der Waals surface area contributed by atoms with Crippen LogP contribution in [-0.2, 0) is 4.79 Å². The van der Waals surface area contributed by atoms with E-state index in [-0.39, 0.29) is 29.1 Å². The van der Waals surface area contributed by atoms with Crippen molar-refractivity contribution in [2.24, 2.45) is 0 Å². The highest BCUT2D eigenvalue weighted by Crippen LogP contribution is 2.36. The van der Waals surface area contributed by atoms with Crippen molar-refractivity contribution in [1.29, 1.82) is 0 Å². The van der Waals surface area contributed by atoms with E-state index in [9.17, 15) is 18.4 Å². The molecule has 1 aromatic heterocycles. The van der Waals surface area contributed by atoms with Gasteiger partial charge < -0.3 is 10.2 Å². The van der Waals surface area contributed by atoms with Crippen LogP contribution in [0.4, 0.5) is 8.78 Å². The lowest BCUT2D eigenvalue weighted by atomic mass is 9.97. The molecule has 34 heavy (non-hydrogen) atoms. The van der Waals surface area contributed by atoms with Crippen LogP contribution >= 0.6 is 0 Å². The summed E-state index contributed by atoms with van der Waals surface area (Å²) in [5, 5.41) is 7.47. The summed E-state index contributed by atoms with van der Waals surface area (Å²) >= 11 is 0. The summed E-state index contributed by atoms with van der Waals surface area (Å²) in [4.78, 5) is 31.5. The summed E-state index contributed by atoms with van der Waals surface area (Å²) in [5.74, 6) is -0.229. The molecule has 2 bridgehead atoms. The summed E-state index contributed by atoms with van der Waals surface area (Å²) in [7, 11) is 0. The number of para-hydroxylation sites is 1. The third kappa shape index (κ3) is 4.53. The van der Waals surface area contributed by atoms with Crippen molar-refractivity contribution in [2.45, 2.75) is 57.3 Å². The zero-order valence-electron chi connectivity index (χ0n) is 19.5. The molecule has 10 heteroatoms. The average Bonchev–Trinajstić information content (AvgIpc) is 3.33. The van der Waals surface area contributed by atoms with Crippen molar-refractivity contribution in [1.82, 2.24) is 29.8 Å². The number of alkyl halides is 2. The maximum atomic E-state index is 13.4. The van der Waals surface area contributed by atoms with Crippen molar-refractivity contribution in [3.05, 3.63) is 30.0 Å². The first kappa shape index (κ1) is 23.2. The zero-order valence-corrected chi connectivity index (χ0v) is 19.5. The van der Waals surface area contributed by atoms with E-state index in [0.717, 1.165) is 65.0 Å². The van der Waals surface area contributed by atoms with E-state index in [0.29, 0.717) is 22.2 Å². The van der Waals surface area contributed by atoms with E-state index in [4.69, 9.17) is 0 Å². The van der Waals surface area contributed by atoms with Crippen LogP contribution in [0.15, 0.2) is 24.3 Å². The van der Waals surface area contributed by atoms with Gasteiger partial charge in [-0.25, -0.2) is 4.68 Å². The van der Waals surface area contributed by atoms with Gasteiger partial charge in [-0.05, 0) is 31.7 Å².